The number of ether oxygens (including phenoxy) is 1. The number of esters is 1. The maximum Gasteiger partial charge on any atom is 0.342 e. The van der Waals surface area contributed by atoms with E-state index in [4.69, 9.17) is 9.57 Å². The molecule has 1 aromatic rings. The Balaban J connectivity index is 3.10. The number of carbonyl (C=O) groups excluding carboxylic acids is 2. The van der Waals surface area contributed by atoms with Gasteiger partial charge < -0.3 is 9.30 Å². The van der Waals surface area contributed by atoms with Crippen molar-refractivity contribution in [1.29, 1.82) is 0 Å². The van der Waals surface area contributed by atoms with Gasteiger partial charge in [-0.3, -0.25) is 9.63 Å². The van der Waals surface area contributed by atoms with E-state index in [1.807, 2.05) is 6.07 Å². The molecule has 0 spiro atoms. The number of rotatable bonds is 9. The summed E-state index contributed by atoms with van der Waals surface area (Å²) in [4.78, 5) is 29.4. The van der Waals surface area contributed by atoms with Crippen molar-refractivity contribution in [3.05, 3.63) is 30.3 Å². The highest BCUT2D eigenvalue weighted by molar-refractivity contribution is 8.52. The second-order valence-corrected chi connectivity index (χ2v) is 8.29. The van der Waals surface area contributed by atoms with E-state index < -0.39 is 18.3 Å². The van der Waals surface area contributed by atoms with Crippen LogP contribution in [0.25, 0.3) is 0 Å². The molecule has 0 heterocycles. The molecule has 0 N–H and O–H groups in total. The molecule has 1 amide bonds. The molecule has 0 aromatic heterocycles. The highest BCUT2D eigenvalue weighted by Gasteiger charge is 2.48. The Labute approximate surface area is 134 Å². The van der Waals surface area contributed by atoms with Gasteiger partial charge in [0.15, 0.2) is 7.00 Å². The van der Waals surface area contributed by atoms with Crippen LogP contribution >= 0.6 is 18.4 Å². The number of amides is 1. The van der Waals surface area contributed by atoms with E-state index in [9.17, 15) is 14.2 Å². The Morgan fingerprint density at radius 1 is 1.32 bits per heavy atom. The third-order valence-electron chi connectivity index (χ3n) is 2.83. The van der Waals surface area contributed by atoms with Gasteiger partial charge in [0.25, 0.3) is 0 Å². The average Bonchev–Trinajstić information content (AvgIpc) is 2.52. The van der Waals surface area contributed by atoms with Gasteiger partial charge >= 0.3 is 5.97 Å². The molecule has 1 aromatic carbocycles. The monoisotopic (exact) mass is 345 g/mol. The van der Waals surface area contributed by atoms with Crippen molar-refractivity contribution in [3.8, 4) is 0 Å². The minimum atomic E-state index is -2.67. The predicted molar refractivity (Wildman–Crippen MR) is 85.9 cm³/mol. The first-order chi connectivity index (χ1) is 10.5. The minimum absolute atomic E-state index is 0.123. The lowest BCUT2D eigenvalue weighted by Gasteiger charge is -2.33. The van der Waals surface area contributed by atoms with E-state index in [0.717, 1.165) is 21.3 Å². The molecular formula is C14H20NO5PS. The molecule has 0 saturated heterocycles. The molecule has 22 heavy (non-hydrogen) atoms. The topological polar surface area (TPSA) is 72.9 Å². The first-order valence-corrected chi connectivity index (χ1v) is 9.77. The van der Waals surface area contributed by atoms with Crippen LogP contribution in [0.2, 0.25) is 0 Å². The number of nitrogens with zero attached hydrogens (tertiary/aromatic N) is 1. The molecule has 1 rings (SSSR count). The van der Waals surface area contributed by atoms with Crippen LogP contribution in [0.4, 0.5) is 0 Å². The van der Waals surface area contributed by atoms with Gasteiger partial charge in [-0.1, -0.05) is 29.6 Å². The summed E-state index contributed by atoms with van der Waals surface area (Å²) >= 11 is 1.04. The number of hydrogen-bond acceptors (Lipinski definition) is 6. The van der Waals surface area contributed by atoms with Crippen LogP contribution in [-0.2, 0) is 23.7 Å². The van der Waals surface area contributed by atoms with E-state index in [2.05, 4.69) is 0 Å². The molecule has 2 atom stereocenters. The smallest absolute Gasteiger partial charge is 0.342 e. The van der Waals surface area contributed by atoms with Gasteiger partial charge in [0, 0.05) is 4.90 Å². The van der Waals surface area contributed by atoms with E-state index in [0.29, 0.717) is 6.41 Å². The largest absolute Gasteiger partial charge is 0.464 e. The first kappa shape index (κ1) is 18.7. The molecule has 6 nitrogen and oxygen atoms in total. The summed E-state index contributed by atoms with van der Waals surface area (Å²) in [7, 11) is -2.67. The summed E-state index contributed by atoms with van der Waals surface area (Å²) in [6.45, 7) is 5.00. The van der Waals surface area contributed by atoms with Gasteiger partial charge in [-0.15, -0.1) is 0 Å². The van der Waals surface area contributed by atoms with Crippen molar-refractivity contribution in [2.45, 2.75) is 30.9 Å². The molecule has 0 aliphatic carbocycles. The predicted octanol–water partition coefficient (Wildman–Crippen LogP) is 2.94. The zero-order valence-electron chi connectivity index (χ0n) is 12.8. The van der Waals surface area contributed by atoms with Gasteiger partial charge in [0.1, 0.15) is 0 Å². The first-order valence-electron chi connectivity index (χ1n) is 6.82. The van der Waals surface area contributed by atoms with E-state index in [1.54, 1.807) is 38.1 Å². The molecule has 0 fully saturated rings. The summed E-state index contributed by atoms with van der Waals surface area (Å²) in [5, 5.41) is -0.874. The molecule has 0 saturated carbocycles. The molecule has 122 valence electrons. The van der Waals surface area contributed by atoms with Crippen LogP contribution in [0, 0.1) is 0 Å². The highest BCUT2D eigenvalue weighted by Crippen LogP contribution is 2.55. The SMILES string of the molecule is CCOC(=O)C(C)(N(C=O)OCC)[PH](=O)Sc1ccccc1. The lowest BCUT2D eigenvalue weighted by molar-refractivity contribution is -0.201. The van der Waals surface area contributed by atoms with Gasteiger partial charge in [-0.25, -0.2) is 4.79 Å². The third-order valence-corrected chi connectivity index (χ3v) is 7.20. The Morgan fingerprint density at radius 2 is 1.95 bits per heavy atom. The lowest BCUT2D eigenvalue weighted by atomic mass is 10.3. The molecule has 0 bridgehead atoms. The van der Waals surface area contributed by atoms with Crippen molar-refractivity contribution in [1.82, 2.24) is 5.06 Å². The van der Waals surface area contributed by atoms with Crippen molar-refractivity contribution in [2.75, 3.05) is 13.2 Å². The number of hydroxylamine groups is 2. The fourth-order valence-electron chi connectivity index (χ4n) is 1.63. The maximum absolute atomic E-state index is 12.8. The van der Waals surface area contributed by atoms with E-state index >= 15 is 0 Å². The van der Waals surface area contributed by atoms with Crippen LogP contribution in [-0.4, -0.2) is 35.9 Å². The van der Waals surface area contributed by atoms with Crippen molar-refractivity contribution in [3.63, 3.8) is 0 Å². The van der Waals surface area contributed by atoms with Crippen LogP contribution in [0.3, 0.4) is 0 Å². The Kier molecular flexibility index (Phi) is 7.65. The van der Waals surface area contributed by atoms with Crippen molar-refractivity contribution < 1.29 is 23.7 Å². The van der Waals surface area contributed by atoms with Gasteiger partial charge in [0.2, 0.25) is 11.7 Å². The summed E-state index contributed by atoms with van der Waals surface area (Å²) in [6, 6.07) is 9.01. The second-order valence-electron chi connectivity index (χ2n) is 4.34. The van der Waals surface area contributed by atoms with Crippen molar-refractivity contribution >= 4 is 30.8 Å². The second kappa shape index (κ2) is 8.98. The normalized spacial score (nSPS) is 14.7. The van der Waals surface area contributed by atoms with Gasteiger partial charge in [-0.05, 0) is 32.9 Å². The fraction of sp³-hybridized carbons (Fsp3) is 0.429. The molecular weight excluding hydrogens is 325 g/mol. The number of benzene rings is 1. The average molecular weight is 345 g/mol. The van der Waals surface area contributed by atoms with E-state index in [1.165, 1.54) is 6.92 Å². The molecule has 0 aliphatic heterocycles. The Bertz CT molecular complexity index is 527. The number of hydrogen-bond donors (Lipinski definition) is 0. The zero-order valence-corrected chi connectivity index (χ0v) is 14.6. The quantitative estimate of drug-likeness (QED) is 0.296. The number of carbonyl (C=O) groups is 2. The molecule has 0 aliphatic rings. The lowest BCUT2D eigenvalue weighted by Crippen LogP contribution is -2.49. The highest BCUT2D eigenvalue weighted by atomic mass is 32.7. The third kappa shape index (κ3) is 4.35. The van der Waals surface area contributed by atoms with Gasteiger partial charge in [-0.2, -0.15) is 5.06 Å². The summed E-state index contributed by atoms with van der Waals surface area (Å²) in [6.07, 6.45) is 0.356. The van der Waals surface area contributed by atoms with Crippen LogP contribution in [0.15, 0.2) is 35.2 Å². The summed E-state index contributed by atoms with van der Waals surface area (Å²) in [5.41, 5.74) is 0. The molecule has 8 heteroatoms. The standard InChI is InChI=1S/C14H20NO5PS/c1-4-19-13(17)14(3,15(11-16)20-5-2)21(18)22-12-9-7-6-8-10-12/h6-11,21H,4-5H2,1-3H3. The van der Waals surface area contributed by atoms with Crippen LogP contribution in [0.5, 0.6) is 0 Å². The zero-order chi connectivity index (χ0) is 16.6. The Morgan fingerprint density at radius 3 is 2.45 bits per heavy atom. The fourth-order valence-corrected chi connectivity index (χ4v) is 5.04. The van der Waals surface area contributed by atoms with Crippen LogP contribution in [0.1, 0.15) is 20.8 Å². The maximum atomic E-state index is 12.8. The minimum Gasteiger partial charge on any atom is -0.464 e. The van der Waals surface area contributed by atoms with Crippen LogP contribution < -0.4 is 0 Å². The molecule has 0 radical (unpaired) electrons. The molecule has 2 unspecified atom stereocenters. The summed E-state index contributed by atoms with van der Waals surface area (Å²) < 4.78 is 17.8. The summed E-state index contributed by atoms with van der Waals surface area (Å²) in [5.74, 6) is -0.747. The Hall–Kier alpha value is -1.30. The van der Waals surface area contributed by atoms with Gasteiger partial charge in [0.05, 0.1) is 13.2 Å². The van der Waals surface area contributed by atoms with E-state index in [-0.39, 0.29) is 13.2 Å². The van der Waals surface area contributed by atoms with Crippen molar-refractivity contribution in [2.24, 2.45) is 0 Å².